The summed E-state index contributed by atoms with van der Waals surface area (Å²) in [6.45, 7) is 3.64. The van der Waals surface area contributed by atoms with Gasteiger partial charge in [0, 0.05) is 0 Å². The Hall–Kier alpha value is -0.730. The topological polar surface area (TPSA) is 35.2 Å². The predicted molar refractivity (Wildman–Crippen MR) is 81.0 cm³/mol. The van der Waals surface area contributed by atoms with Crippen molar-refractivity contribution in [1.82, 2.24) is 0 Å². The molecule has 1 saturated carbocycles. The van der Waals surface area contributed by atoms with E-state index in [9.17, 15) is 0 Å². The van der Waals surface area contributed by atoms with Gasteiger partial charge in [0.25, 0.3) is 0 Å². The van der Waals surface area contributed by atoms with Crippen molar-refractivity contribution in [2.45, 2.75) is 45.4 Å². The van der Waals surface area contributed by atoms with Gasteiger partial charge in [0.2, 0.25) is 0 Å². The van der Waals surface area contributed by atoms with E-state index in [4.69, 9.17) is 22.1 Å². The number of halogens is 1. The monoisotopic (exact) mass is 281 g/mol. The summed E-state index contributed by atoms with van der Waals surface area (Å²) in [6, 6.07) is 4.18. The van der Waals surface area contributed by atoms with Gasteiger partial charge in [0.05, 0.1) is 11.6 Å². The summed E-state index contributed by atoms with van der Waals surface area (Å²) in [7, 11) is 0. The Morgan fingerprint density at radius 3 is 2.74 bits per heavy atom. The second kappa shape index (κ2) is 7.16. The van der Waals surface area contributed by atoms with E-state index in [1.165, 1.54) is 30.4 Å². The summed E-state index contributed by atoms with van der Waals surface area (Å²) >= 11 is 6.34. The first-order chi connectivity index (χ1) is 9.20. The third-order valence-corrected chi connectivity index (χ3v) is 4.13. The van der Waals surface area contributed by atoms with Crippen LogP contribution in [0.5, 0.6) is 5.75 Å². The average Bonchev–Trinajstić information content (AvgIpc) is 2.30. The molecule has 106 valence electrons. The Bertz CT molecular complexity index is 415. The molecule has 2 nitrogen and oxygen atoms in total. The van der Waals surface area contributed by atoms with Crippen LogP contribution in [0.3, 0.4) is 0 Å². The van der Waals surface area contributed by atoms with Crippen molar-refractivity contribution >= 4 is 11.6 Å². The number of hydrogen-bond donors (Lipinski definition) is 1. The molecule has 19 heavy (non-hydrogen) atoms. The molecule has 0 radical (unpaired) electrons. The molecule has 2 N–H and O–H groups in total. The summed E-state index contributed by atoms with van der Waals surface area (Å²) in [5, 5.41) is 0.752. The van der Waals surface area contributed by atoms with Crippen LogP contribution in [0.4, 0.5) is 0 Å². The molecular weight excluding hydrogens is 258 g/mol. The first kappa shape index (κ1) is 14.7. The summed E-state index contributed by atoms with van der Waals surface area (Å²) < 4.78 is 5.99. The lowest BCUT2D eigenvalue weighted by Crippen LogP contribution is -2.19. The molecule has 2 rings (SSSR count). The van der Waals surface area contributed by atoms with E-state index in [1.807, 2.05) is 6.07 Å². The Balaban J connectivity index is 2.03. The number of ether oxygens (including phenoxy) is 1. The van der Waals surface area contributed by atoms with Gasteiger partial charge in [-0.3, -0.25) is 0 Å². The molecule has 1 aliphatic carbocycles. The minimum absolute atomic E-state index is 0.731. The molecule has 1 aromatic rings. The Kier molecular flexibility index (Phi) is 5.53. The van der Waals surface area contributed by atoms with E-state index in [0.717, 1.165) is 49.1 Å². The molecule has 1 aromatic carbocycles. The maximum absolute atomic E-state index is 6.34. The van der Waals surface area contributed by atoms with Crippen LogP contribution in [0.15, 0.2) is 12.1 Å². The summed E-state index contributed by atoms with van der Waals surface area (Å²) in [6.07, 6.45) is 7.08. The van der Waals surface area contributed by atoms with Gasteiger partial charge >= 0.3 is 0 Å². The lowest BCUT2D eigenvalue weighted by Gasteiger charge is -2.26. The van der Waals surface area contributed by atoms with Crippen LogP contribution in [0.1, 0.15) is 43.2 Å². The highest BCUT2D eigenvalue weighted by molar-refractivity contribution is 6.32. The molecule has 0 unspecified atom stereocenters. The molecule has 0 saturated heterocycles. The Morgan fingerprint density at radius 1 is 1.32 bits per heavy atom. The van der Waals surface area contributed by atoms with Gasteiger partial charge in [0.1, 0.15) is 5.75 Å². The SMILES string of the molecule is Cc1cc(Cl)c(OCC2CCC2)c(CCCCN)c1. The second-order valence-electron chi connectivity index (χ2n) is 5.59. The van der Waals surface area contributed by atoms with Crippen LogP contribution in [-0.2, 0) is 6.42 Å². The molecule has 0 amide bonds. The minimum Gasteiger partial charge on any atom is -0.491 e. The first-order valence-corrected chi connectivity index (χ1v) is 7.70. The normalized spacial score (nSPS) is 15.3. The lowest BCUT2D eigenvalue weighted by molar-refractivity contribution is 0.179. The highest BCUT2D eigenvalue weighted by Gasteiger charge is 2.19. The third-order valence-electron chi connectivity index (χ3n) is 3.85. The molecule has 1 aliphatic rings. The lowest BCUT2D eigenvalue weighted by atomic mass is 9.86. The van der Waals surface area contributed by atoms with Crippen LogP contribution in [-0.4, -0.2) is 13.2 Å². The molecule has 0 aromatic heterocycles. The standard InChI is InChI=1S/C16H24ClNO/c1-12-9-14(7-2-3-8-18)16(15(17)10-12)19-11-13-5-4-6-13/h9-10,13H,2-8,11,18H2,1H3. The zero-order valence-electron chi connectivity index (χ0n) is 11.8. The van der Waals surface area contributed by atoms with Gasteiger partial charge in [-0.25, -0.2) is 0 Å². The van der Waals surface area contributed by atoms with Crippen molar-refractivity contribution in [3.63, 3.8) is 0 Å². The van der Waals surface area contributed by atoms with Crippen molar-refractivity contribution in [2.75, 3.05) is 13.2 Å². The van der Waals surface area contributed by atoms with Crippen LogP contribution in [0.2, 0.25) is 5.02 Å². The van der Waals surface area contributed by atoms with Gasteiger partial charge in [-0.05, 0) is 68.7 Å². The van der Waals surface area contributed by atoms with Crippen LogP contribution in [0.25, 0.3) is 0 Å². The van der Waals surface area contributed by atoms with E-state index >= 15 is 0 Å². The number of unbranched alkanes of at least 4 members (excludes halogenated alkanes) is 1. The molecule has 0 atom stereocenters. The molecule has 0 aliphatic heterocycles. The highest BCUT2D eigenvalue weighted by Crippen LogP contribution is 2.34. The highest BCUT2D eigenvalue weighted by atomic mass is 35.5. The molecule has 0 bridgehead atoms. The number of hydrogen-bond acceptors (Lipinski definition) is 2. The fourth-order valence-electron chi connectivity index (χ4n) is 2.47. The summed E-state index contributed by atoms with van der Waals surface area (Å²) in [4.78, 5) is 0. The zero-order valence-corrected chi connectivity index (χ0v) is 12.5. The average molecular weight is 282 g/mol. The zero-order chi connectivity index (χ0) is 13.7. The van der Waals surface area contributed by atoms with Gasteiger partial charge in [-0.15, -0.1) is 0 Å². The van der Waals surface area contributed by atoms with E-state index in [1.54, 1.807) is 0 Å². The number of benzene rings is 1. The second-order valence-corrected chi connectivity index (χ2v) is 6.00. The molecule has 1 fully saturated rings. The van der Waals surface area contributed by atoms with Gasteiger partial charge in [0.15, 0.2) is 0 Å². The Labute approximate surface area is 121 Å². The molecular formula is C16H24ClNO. The van der Waals surface area contributed by atoms with Crippen molar-refractivity contribution in [3.05, 3.63) is 28.3 Å². The van der Waals surface area contributed by atoms with Crippen molar-refractivity contribution in [1.29, 1.82) is 0 Å². The first-order valence-electron chi connectivity index (χ1n) is 7.32. The van der Waals surface area contributed by atoms with Gasteiger partial charge in [-0.2, -0.15) is 0 Å². The molecule has 0 heterocycles. The van der Waals surface area contributed by atoms with E-state index in [2.05, 4.69) is 13.0 Å². The van der Waals surface area contributed by atoms with Gasteiger partial charge < -0.3 is 10.5 Å². The van der Waals surface area contributed by atoms with Gasteiger partial charge in [-0.1, -0.05) is 24.1 Å². The third kappa shape index (κ3) is 4.12. The van der Waals surface area contributed by atoms with Crippen molar-refractivity contribution in [3.8, 4) is 5.75 Å². The Morgan fingerprint density at radius 2 is 2.11 bits per heavy atom. The fourth-order valence-corrected chi connectivity index (χ4v) is 2.82. The molecule has 0 spiro atoms. The summed E-state index contributed by atoms with van der Waals surface area (Å²) in [5.74, 6) is 1.63. The number of rotatable bonds is 7. The maximum atomic E-state index is 6.34. The fraction of sp³-hybridized carbons (Fsp3) is 0.625. The minimum atomic E-state index is 0.731. The number of nitrogens with two attached hydrogens (primary N) is 1. The predicted octanol–water partition coefficient (Wildman–Crippen LogP) is 4.11. The molecule has 3 heteroatoms. The van der Waals surface area contributed by atoms with Crippen molar-refractivity contribution in [2.24, 2.45) is 11.7 Å². The van der Waals surface area contributed by atoms with E-state index in [-0.39, 0.29) is 0 Å². The number of aryl methyl sites for hydroxylation is 2. The maximum Gasteiger partial charge on any atom is 0.141 e. The smallest absolute Gasteiger partial charge is 0.141 e. The van der Waals surface area contributed by atoms with Crippen LogP contribution < -0.4 is 10.5 Å². The van der Waals surface area contributed by atoms with E-state index < -0.39 is 0 Å². The van der Waals surface area contributed by atoms with E-state index in [0.29, 0.717) is 0 Å². The van der Waals surface area contributed by atoms with Crippen LogP contribution in [0, 0.1) is 12.8 Å². The summed E-state index contributed by atoms with van der Waals surface area (Å²) in [5.41, 5.74) is 7.99. The van der Waals surface area contributed by atoms with Crippen LogP contribution >= 0.6 is 11.6 Å². The van der Waals surface area contributed by atoms with Crippen molar-refractivity contribution < 1.29 is 4.74 Å². The largest absolute Gasteiger partial charge is 0.491 e. The quantitative estimate of drug-likeness (QED) is 0.764.